The largest absolute Gasteiger partial charge is 0.362 e. The quantitative estimate of drug-likeness (QED) is 0.748. The second kappa shape index (κ2) is 6.87. The highest BCUT2D eigenvalue weighted by atomic mass is 19.1. The van der Waals surface area contributed by atoms with E-state index in [0.29, 0.717) is 12.1 Å². The Hall–Kier alpha value is -2.89. The molecule has 3 N–H and O–H groups in total. The van der Waals surface area contributed by atoms with Crippen LogP contribution in [0, 0.1) is 23.6 Å². The molecule has 5 nitrogen and oxygen atoms in total. The van der Waals surface area contributed by atoms with E-state index in [1.165, 1.54) is 12.1 Å². The number of amides is 2. The van der Waals surface area contributed by atoms with Gasteiger partial charge in [0.1, 0.15) is 11.5 Å². The zero-order chi connectivity index (χ0) is 20.0. The van der Waals surface area contributed by atoms with Crippen LogP contribution in [0.2, 0.25) is 0 Å². The summed E-state index contributed by atoms with van der Waals surface area (Å²) in [5.41, 5.74) is 1.83. The van der Waals surface area contributed by atoms with Crippen molar-refractivity contribution in [3.05, 3.63) is 65.5 Å². The summed E-state index contributed by atoms with van der Waals surface area (Å²) in [5.74, 6) is 0.0410. The molecule has 0 saturated heterocycles. The van der Waals surface area contributed by atoms with Crippen LogP contribution in [0.5, 0.6) is 0 Å². The number of para-hydroxylation sites is 1. The monoisotopic (exact) mass is 393 g/mol. The van der Waals surface area contributed by atoms with Crippen LogP contribution in [0.4, 0.5) is 10.1 Å². The lowest BCUT2D eigenvalue weighted by atomic mass is 9.58. The smallest absolute Gasteiger partial charge is 0.255 e. The Morgan fingerprint density at radius 2 is 2.00 bits per heavy atom. The van der Waals surface area contributed by atoms with Crippen LogP contribution >= 0.6 is 0 Å². The molecule has 1 spiro atoms. The van der Waals surface area contributed by atoms with Crippen molar-refractivity contribution in [3.63, 3.8) is 0 Å². The highest BCUT2D eigenvalue weighted by molar-refractivity contribution is 6.02. The molecule has 2 aromatic rings. The van der Waals surface area contributed by atoms with Crippen molar-refractivity contribution in [1.29, 1.82) is 0 Å². The summed E-state index contributed by atoms with van der Waals surface area (Å²) in [6, 6.07) is 13.9. The predicted octanol–water partition coefficient (Wildman–Crippen LogP) is 3.43. The predicted molar refractivity (Wildman–Crippen MR) is 107 cm³/mol. The van der Waals surface area contributed by atoms with Gasteiger partial charge in [-0.15, -0.1) is 0 Å². The molecule has 150 valence electrons. The summed E-state index contributed by atoms with van der Waals surface area (Å²) in [6.07, 6.45) is 3.47. The average molecular weight is 393 g/mol. The van der Waals surface area contributed by atoms with Crippen LogP contribution in [-0.2, 0) is 11.3 Å². The molecule has 0 unspecified atom stereocenters. The number of fused-ring (bicyclic) bond motifs is 3. The molecule has 4 atom stereocenters. The van der Waals surface area contributed by atoms with Crippen molar-refractivity contribution >= 4 is 17.5 Å². The SMILES string of the molecule is O=C1N[C@@]2(C[C@H]3CC[C@H]2C[C@@H]3C(=O)NCc2cccc(F)c2)Nc2ccccc21. The van der Waals surface area contributed by atoms with E-state index in [-0.39, 0.29) is 35.4 Å². The lowest BCUT2D eigenvalue weighted by Crippen LogP contribution is -2.68. The van der Waals surface area contributed by atoms with Crippen molar-refractivity contribution in [2.24, 2.45) is 17.8 Å². The topological polar surface area (TPSA) is 70.2 Å². The zero-order valence-corrected chi connectivity index (χ0v) is 16.1. The van der Waals surface area contributed by atoms with E-state index in [0.717, 1.165) is 36.9 Å². The van der Waals surface area contributed by atoms with Crippen molar-refractivity contribution in [2.45, 2.75) is 37.9 Å². The molecule has 1 heterocycles. The minimum absolute atomic E-state index is 0.0290. The number of halogens is 1. The molecule has 2 amide bonds. The Morgan fingerprint density at radius 3 is 2.79 bits per heavy atom. The summed E-state index contributed by atoms with van der Waals surface area (Å²) in [6.45, 7) is 0.331. The molecule has 29 heavy (non-hydrogen) atoms. The van der Waals surface area contributed by atoms with Crippen LogP contribution in [0.3, 0.4) is 0 Å². The molecule has 0 aromatic heterocycles. The molecule has 6 rings (SSSR count). The second-order valence-electron chi connectivity index (χ2n) is 8.52. The third-order valence-electron chi connectivity index (χ3n) is 6.83. The van der Waals surface area contributed by atoms with E-state index in [9.17, 15) is 14.0 Å². The number of hydrogen-bond donors (Lipinski definition) is 3. The first-order chi connectivity index (χ1) is 14.0. The summed E-state index contributed by atoms with van der Waals surface area (Å²) < 4.78 is 13.4. The maximum Gasteiger partial charge on any atom is 0.255 e. The van der Waals surface area contributed by atoms with Crippen LogP contribution in [-0.4, -0.2) is 17.5 Å². The van der Waals surface area contributed by atoms with Gasteiger partial charge < -0.3 is 16.0 Å². The van der Waals surface area contributed by atoms with Crippen LogP contribution < -0.4 is 16.0 Å². The number of anilines is 1. The number of carbonyl (C=O) groups excluding carboxylic acids is 2. The molecule has 1 aliphatic heterocycles. The molecule has 4 aliphatic rings. The Balaban J connectivity index is 1.29. The molecule has 0 radical (unpaired) electrons. The van der Waals surface area contributed by atoms with E-state index in [1.807, 2.05) is 30.3 Å². The van der Waals surface area contributed by atoms with Crippen molar-refractivity contribution in [2.75, 3.05) is 5.32 Å². The number of benzene rings is 2. The molecule has 6 heteroatoms. The summed E-state index contributed by atoms with van der Waals surface area (Å²) in [4.78, 5) is 25.5. The number of hydrogen-bond acceptors (Lipinski definition) is 3. The average Bonchev–Trinajstić information content (AvgIpc) is 2.72. The van der Waals surface area contributed by atoms with Gasteiger partial charge in [-0.25, -0.2) is 4.39 Å². The van der Waals surface area contributed by atoms with Gasteiger partial charge in [0, 0.05) is 24.1 Å². The molecule has 3 fully saturated rings. The van der Waals surface area contributed by atoms with Crippen LogP contribution in [0.1, 0.15) is 41.6 Å². The molecular weight excluding hydrogens is 369 g/mol. The van der Waals surface area contributed by atoms with E-state index in [2.05, 4.69) is 16.0 Å². The minimum atomic E-state index is -0.465. The van der Waals surface area contributed by atoms with E-state index < -0.39 is 5.66 Å². The Bertz CT molecular complexity index is 978. The number of carbonyl (C=O) groups is 2. The second-order valence-corrected chi connectivity index (χ2v) is 8.52. The van der Waals surface area contributed by atoms with Gasteiger partial charge >= 0.3 is 0 Å². The minimum Gasteiger partial charge on any atom is -0.362 e. The fourth-order valence-electron chi connectivity index (χ4n) is 5.43. The fraction of sp³-hybridized carbons (Fsp3) is 0.391. The lowest BCUT2D eigenvalue weighted by molar-refractivity contribution is -0.132. The lowest BCUT2D eigenvalue weighted by Gasteiger charge is -2.56. The molecule has 3 saturated carbocycles. The summed E-state index contributed by atoms with van der Waals surface area (Å²) in [7, 11) is 0. The normalized spacial score (nSPS) is 29.7. The van der Waals surface area contributed by atoms with Gasteiger partial charge in [-0.05, 0) is 61.4 Å². The van der Waals surface area contributed by atoms with Crippen LogP contribution in [0.25, 0.3) is 0 Å². The van der Waals surface area contributed by atoms with Gasteiger partial charge in [-0.3, -0.25) is 9.59 Å². The van der Waals surface area contributed by atoms with Crippen LogP contribution in [0.15, 0.2) is 48.5 Å². The van der Waals surface area contributed by atoms with Crippen molar-refractivity contribution in [1.82, 2.24) is 10.6 Å². The number of rotatable bonds is 3. The molecule has 2 bridgehead atoms. The van der Waals surface area contributed by atoms with Crippen molar-refractivity contribution in [3.8, 4) is 0 Å². The van der Waals surface area contributed by atoms with E-state index >= 15 is 0 Å². The summed E-state index contributed by atoms with van der Waals surface area (Å²) >= 11 is 0. The van der Waals surface area contributed by atoms with Gasteiger partial charge in [-0.2, -0.15) is 0 Å². The van der Waals surface area contributed by atoms with Gasteiger partial charge in [0.25, 0.3) is 5.91 Å². The van der Waals surface area contributed by atoms with Gasteiger partial charge in [-0.1, -0.05) is 24.3 Å². The third kappa shape index (κ3) is 3.16. The van der Waals surface area contributed by atoms with Gasteiger partial charge in [0.15, 0.2) is 0 Å². The first kappa shape index (κ1) is 18.2. The maximum atomic E-state index is 13.4. The standard InChI is InChI=1S/C23H24FN3O2/c24-17-5-3-4-14(10-17)13-25-21(28)19-11-16-9-8-15(19)12-23(16)26-20-7-2-1-6-18(20)22(29)27-23/h1-7,10,15-16,19,26H,8-9,11-13H2,(H,25,28)(H,27,29)/t15-,16+,19+,23-/m1/s1. The van der Waals surface area contributed by atoms with E-state index in [1.54, 1.807) is 6.07 Å². The first-order valence-electron chi connectivity index (χ1n) is 10.3. The molecular formula is C23H24FN3O2. The number of nitrogens with one attached hydrogen (secondary N) is 3. The maximum absolute atomic E-state index is 13.4. The highest BCUT2D eigenvalue weighted by Crippen LogP contribution is 2.51. The zero-order valence-electron chi connectivity index (χ0n) is 16.1. The van der Waals surface area contributed by atoms with E-state index in [4.69, 9.17) is 0 Å². The molecule has 3 aliphatic carbocycles. The summed E-state index contributed by atoms with van der Waals surface area (Å²) in [5, 5.41) is 9.80. The Kier molecular flexibility index (Phi) is 4.30. The molecule has 2 aromatic carbocycles. The van der Waals surface area contributed by atoms with Gasteiger partial charge in [0.05, 0.1) is 5.56 Å². The Morgan fingerprint density at radius 1 is 1.14 bits per heavy atom. The Labute approximate surface area is 169 Å². The first-order valence-corrected chi connectivity index (χ1v) is 10.3. The van der Waals surface area contributed by atoms with Crippen molar-refractivity contribution < 1.29 is 14.0 Å². The fourth-order valence-corrected chi connectivity index (χ4v) is 5.43. The third-order valence-corrected chi connectivity index (χ3v) is 6.83. The van der Waals surface area contributed by atoms with Gasteiger partial charge in [0.2, 0.25) is 5.91 Å². The highest BCUT2D eigenvalue weighted by Gasteiger charge is 2.55.